The summed E-state index contributed by atoms with van der Waals surface area (Å²) in [6.45, 7) is 16.1. The van der Waals surface area contributed by atoms with E-state index >= 15 is 0 Å². The second-order valence-corrected chi connectivity index (χ2v) is 15.0. The molecule has 0 aromatic rings. The maximum atomic E-state index is 11.5. The molecule has 2 aliphatic rings. The molecule has 2 N–H and O–H groups in total. The molecule has 4 nitrogen and oxygen atoms in total. The normalized spacial score (nSPS) is 22.3. The first kappa shape index (κ1) is 31.6. The Labute approximate surface area is 232 Å². The van der Waals surface area contributed by atoms with E-state index in [0.717, 1.165) is 32.1 Å². The quantitative estimate of drug-likeness (QED) is 0.239. The second-order valence-electron chi connectivity index (χ2n) is 12.6. The molecule has 206 valence electrons. The molecule has 0 saturated carbocycles. The predicted molar refractivity (Wildman–Crippen MR) is 159 cm³/mol. The third-order valence-electron chi connectivity index (χ3n) is 7.29. The number of hydrogen-bond donors (Lipinski definition) is 2. The first-order valence-electron chi connectivity index (χ1n) is 13.4. The number of carbonyl (C=O) groups is 2. The van der Waals surface area contributed by atoms with E-state index in [9.17, 15) is 19.8 Å². The van der Waals surface area contributed by atoms with Gasteiger partial charge >= 0.3 is 11.9 Å². The monoisotopic (exact) mass is 546 g/mol. The summed E-state index contributed by atoms with van der Waals surface area (Å²) in [7, 11) is 0. The van der Waals surface area contributed by atoms with Gasteiger partial charge in [-0.05, 0) is 94.6 Å². The van der Waals surface area contributed by atoms with Crippen LogP contribution in [0.5, 0.6) is 0 Å². The van der Waals surface area contributed by atoms with Crippen molar-refractivity contribution in [2.45, 2.75) is 100 Å². The van der Waals surface area contributed by atoms with Crippen LogP contribution >= 0.6 is 23.5 Å². The molecule has 0 aromatic carbocycles. The SMILES string of the molecule is CCC1(C)C=C(/C=C\C2=CC(C)(C)C=C(CCCC(C)(C)C(=O)O)S2)SC(CCCC(C)(C)C(=O)O)=C1. The van der Waals surface area contributed by atoms with Crippen LogP contribution in [0.2, 0.25) is 0 Å². The Bertz CT molecular complexity index is 1020. The summed E-state index contributed by atoms with van der Waals surface area (Å²) in [5.74, 6) is -1.47. The third-order valence-corrected chi connectivity index (χ3v) is 9.44. The average molecular weight is 547 g/mol. The zero-order chi connectivity index (χ0) is 28.1. The van der Waals surface area contributed by atoms with Crippen LogP contribution in [-0.4, -0.2) is 22.2 Å². The van der Waals surface area contributed by atoms with Gasteiger partial charge in [0.25, 0.3) is 0 Å². The fourth-order valence-corrected chi connectivity index (χ4v) is 7.13. The summed E-state index contributed by atoms with van der Waals surface area (Å²) in [6.07, 6.45) is 19.6. The summed E-state index contributed by atoms with van der Waals surface area (Å²) in [5, 5.41) is 18.8. The summed E-state index contributed by atoms with van der Waals surface area (Å²) in [5.41, 5.74) is -1.44. The van der Waals surface area contributed by atoms with Crippen LogP contribution < -0.4 is 0 Å². The van der Waals surface area contributed by atoms with E-state index in [1.165, 1.54) is 19.6 Å². The molecule has 2 rings (SSSR count). The van der Waals surface area contributed by atoms with Gasteiger partial charge in [0.15, 0.2) is 0 Å². The van der Waals surface area contributed by atoms with Crippen LogP contribution in [0, 0.1) is 21.7 Å². The lowest BCUT2D eigenvalue weighted by atomic mass is 9.84. The number of carboxylic acids is 2. The standard InChI is InChI=1S/C31H46O4S2/c1-9-31(8)20-23(13-11-17-30(6,7)27(34)35)37-25(21-31)15-14-24-19-28(2,3)18-22(36-24)12-10-16-29(4,5)26(32)33/h14-15,18-21H,9-13,16-17H2,1-8H3,(H,32,33)(H,34,35)/b15-14-. The molecule has 6 heteroatoms. The van der Waals surface area contributed by atoms with Crippen molar-refractivity contribution in [2.24, 2.45) is 21.7 Å². The lowest BCUT2D eigenvalue weighted by Crippen LogP contribution is -2.23. The second kappa shape index (κ2) is 12.5. The zero-order valence-corrected chi connectivity index (χ0v) is 25.6. The molecule has 0 fully saturated rings. The van der Waals surface area contributed by atoms with Crippen LogP contribution in [0.25, 0.3) is 0 Å². The van der Waals surface area contributed by atoms with Crippen molar-refractivity contribution in [1.29, 1.82) is 0 Å². The molecule has 0 aliphatic carbocycles. The number of aliphatic carboxylic acids is 2. The van der Waals surface area contributed by atoms with E-state index in [2.05, 4.69) is 64.2 Å². The molecule has 0 amide bonds. The Morgan fingerprint density at radius 3 is 1.65 bits per heavy atom. The van der Waals surface area contributed by atoms with Crippen molar-refractivity contribution in [1.82, 2.24) is 0 Å². The van der Waals surface area contributed by atoms with Gasteiger partial charge in [-0.1, -0.05) is 75.5 Å². The van der Waals surface area contributed by atoms with E-state index < -0.39 is 22.8 Å². The van der Waals surface area contributed by atoms with Gasteiger partial charge in [0.05, 0.1) is 10.8 Å². The molecule has 37 heavy (non-hydrogen) atoms. The molecule has 0 radical (unpaired) electrons. The number of thioether (sulfide) groups is 2. The van der Waals surface area contributed by atoms with E-state index in [1.807, 2.05) is 0 Å². The van der Waals surface area contributed by atoms with E-state index in [0.29, 0.717) is 12.8 Å². The maximum absolute atomic E-state index is 11.5. The summed E-state index contributed by atoms with van der Waals surface area (Å²) >= 11 is 3.59. The van der Waals surface area contributed by atoms with Gasteiger partial charge in [0.2, 0.25) is 0 Å². The van der Waals surface area contributed by atoms with E-state index in [1.54, 1.807) is 51.2 Å². The van der Waals surface area contributed by atoms with Crippen molar-refractivity contribution < 1.29 is 19.8 Å². The predicted octanol–water partition coefficient (Wildman–Crippen LogP) is 9.58. The summed E-state index contributed by atoms with van der Waals surface area (Å²) in [4.78, 5) is 28.0. The van der Waals surface area contributed by atoms with Crippen molar-refractivity contribution >= 4 is 35.5 Å². The highest BCUT2D eigenvalue weighted by Crippen LogP contribution is 2.45. The van der Waals surface area contributed by atoms with Crippen LogP contribution in [0.15, 0.2) is 56.1 Å². The highest BCUT2D eigenvalue weighted by molar-refractivity contribution is 8.07. The first-order chi connectivity index (χ1) is 17.0. The average Bonchev–Trinajstić information content (AvgIpc) is 2.76. The lowest BCUT2D eigenvalue weighted by Gasteiger charge is -2.28. The van der Waals surface area contributed by atoms with Crippen LogP contribution in [0.1, 0.15) is 100 Å². The van der Waals surface area contributed by atoms with Gasteiger partial charge in [-0.15, -0.1) is 0 Å². The van der Waals surface area contributed by atoms with Crippen LogP contribution in [-0.2, 0) is 9.59 Å². The number of rotatable bonds is 13. The smallest absolute Gasteiger partial charge is 0.309 e. The fraction of sp³-hybridized carbons (Fsp3) is 0.613. The van der Waals surface area contributed by atoms with Crippen LogP contribution in [0.3, 0.4) is 0 Å². The summed E-state index contributed by atoms with van der Waals surface area (Å²) < 4.78 is 0. The van der Waals surface area contributed by atoms with Gasteiger partial charge in [-0.3, -0.25) is 9.59 Å². The van der Waals surface area contributed by atoms with Gasteiger partial charge in [-0.2, -0.15) is 0 Å². The maximum Gasteiger partial charge on any atom is 0.309 e. The van der Waals surface area contributed by atoms with Gasteiger partial charge in [0.1, 0.15) is 0 Å². The molecule has 0 spiro atoms. The Kier molecular flexibility index (Phi) is 10.6. The molecule has 1 atom stereocenters. The topological polar surface area (TPSA) is 74.6 Å². The highest BCUT2D eigenvalue weighted by Gasteiger charge is 2.29. The molecular weight excluding hydrogens is 500 g/mol. The number of hydrogen-bond acceptors (Lipinski definition) is 4. The van der Waals surface area contributed by atoms with Crippen molar-refractivity contribution in [3.8, 4) is 0 Å². The first-order valence-corrected chi connectivity index (χ1v) is 15.0. The molecule has 2 heterocycles. The van der Waals surface area contributed by atoms with Crippen LogP contribution in [0.4, 0.5) is 0 Å². The Morgan fingerprint density at radius 2 is 1.22 bits per heavy atom. The van der Waals surface area contributed by atoms with Gasteiger partial charge in [0, 0.05) is 20.6 Å². The molecule has 2 aliphatic heterocycles. The minimum Gasteiger partial charge on any atom is -0.481 e. The van der Waals surface area contributed by atoms with Crippen molar-refractivity contribution in [3.05, 3.63) is 56.1 Å². The zero-order valence-electron chi connectivity index (χ0n) is 23.9. The molecular formula is C31H46O4S2. The summed E-state index contributed by atoms with van der Waals surface area (Å²) in [6, 6.07) is 0. The molecule has 1 unspecified atom stereocenters. The number of allylic oxidation sites excluding steroid dienone is 8. The van der Waals surface area contributed by atoms with Gasteiger partial charge in [-0.25, -0.2) is 0 Å². The highest BCUT2D eigenvalue weighted by atomic mass is 32.2. The van der Waals surface area contributed by atoms with Gasteiger partial charge < -0.3 is 10.2 Å². The Morgan fingerprint density at radius 1 is 0.784 bits per heavy atom. The molecule has 0 aromatic heterocycles. The minimum absolute atomic E-state index is 0.00204. The van der Waals surface area contributed by atoms with E-state index in [4.69, 9.17) is 0 Å². The Hall–Kier alpha value is -1.66. The molecule has 0 bridgehead atoms. The third kappa shape index (κ3) is 9.86. The van der Waals surface area contributed by atoms with Crippen molar-refractivity contribution in [3.63, 3.8) is 0 Å². The lowest BCUT2D eigenvalue weighted by molar-refractivity contribution is -0.148. The fourth-order valence-electron chi connectivity index (χ4n) is 4.38. The minimum atomic E-state index is -0.738. The Balaban J connectivity index is 2.06. The largest absolute Gasteiger partial charge is 0.481 e. The van der Waals surface area contributed by atoms with E-state index in [-0.39, 0.29) is 10.8 Å². The molecule has 0 saturated heterocycles. The van der Waals surface area contributed by atoms with Crippen molar-refractivity contribution in [2.75, 3.05) is 0 Å². The number of carboxylic acid groups (broad SMARTS) is 2.